The first-order valence-electron chi connectivity index (χ1n) is 7.00. The normalized spacial score (nSPS) is 13.7. The molecule has 2 N–H and O–H groups in total. The van der Waals surface area contributed by atoms with Crippen molar-refractivity contribution in [3.63, 3.8) is 0 Å². The van der Waals surface area contributed by atoms with Gasteiger partial charge < -0.3 is 15.0 Å². The van der Waals surface area contributed by atoms with E-state index in [4.69, 9.17) is 11.6 Å². The van der Waals surface area contributed by atoms with E-state index in [0.29, 0.717) is 18.1 Å². The van der Waals surface area contributed by atoms with Gasteiger partial charge in [-0.25, -0.2) is 9.67 Å². The van der Waals surface area contributed by atoms with Crippen molar-refractivity contribution in [1.82, 2.24) is 29.5 Å². The zero-order valence-electron chi connectivity index (χ0n) is 12.2. The van der Waals surface area contributed by atoms with Crippen LogP contribution in [-0.2, 0) is 13.1 Å². The summed E-state index contributed by atoms with van der Waals surface area (Å²) in [7, 11) is 0. The molecule has 1 atom stereocenters. The molecule has 1 unspecified atom stereocenters. The predicted octanol–water partition coefficient (Wildman–Crippen LogP) is 1.07. The molecule has 8 nitrogen and oxygen atoms in total. The zero-order valence-corrected chi connectivity index (χ0v) is 13.0. The Balaban J connectivity index is 1.72. The third-order valence-corrected chi connectivity index (χ3v) is 3.58. The Morgan fingerprint density at radius 2 is 1.83 bits per heavy atom. The SMILES string of the molecule is OC(CNc1ccc(Cl)cc1)(Cn1cnnc1)Cn1cncn1. The van der Waals surface area contributed by atoms with E-state index in [1.165, 1.54) is 6.33 Å². The molecule has 9 heteroatoms. The van der Waals surface area contributed by atoms with Gasteiger partial charge >= 0.3 is 0 Å². The summed E-state index contributed by atoms with van der Waals surface area (Å²) in [5, 5.41) is 26.5. The Hall–Kier alpha value is -2.45. The molecule has 23 heavy (non-hydrogen) atoms. The summed E-state index contributed by atoms with van der Waals surface area (Å²) in [6.45, 7) is 0.916. The van der Waals surface area contributed by atoms with Crippen molar-refractivity contribution in [2.75, 3.05) is 11.9 Å². The second kappa shape index (κ2) is 6.76. The summed E-state index contributed by atoms with van der Waals surface area (Å²) < 4.78 is 3.31. The second-order valence-corrected chi connectivity index (χ2v) is 5.75. The fourth-order valence-corrected chi connectivity index (χ4v) is 2.38. The lowest BCUT2D eigenvalue weighted by atomic mass is 10.0. The highest BCUT2D eigenvalue weighted by atomic mass is 35.5. The van der Waals surface area contributed by atoms with Crippen LogP contribution in [0.1, 0.15) is 0 Å². The lowest BCUT2D eigenvalue weighted by Gasteiger charge is -2.28. The summed E-state index contributed by atoms with van der Waals surface area (Å²) in [6, 6.07) is 7.30. The second-order valence-electron chi connectivity index (χ2n) is 5.31. The fraction of sp³-hybridized carbons (Fsp3) is 0.286. The molecule has 0 bridgehead atoms. The molecular weight excluding hydrogens is 318 g/mol. The van der Waals surface area contributed by atoms with Gasteiger partial charge in [0.15, 0.2) is 0 Å². The predicted molar refractivity (Wildman–Crippen MR) is 84.9 cm³/mol. The number of nitrogens with zero attached hydrogens (tertiary/aromatic N) is 6. The molecule has 3 rings (SSSR count). The van der Waals surface area contributed by atoms with Crippen LogP contribution in [0.15, 0.2) is 49.6 Å². The van der Waals surface area contributed by atoms with Gasteiger partial charge in [0.05, 0.1) is 13.1 Å². The van der Waals surface area contributed by atoms with E-state index in [1.54, 1.807) is 40.4 Å². The van der Waals surface area contributed by atoms with Gasteiger partial charge in [-0.05, 0) is 24.3 Å². The number of rotatable bonds is 7. The fourth-order valence-electron chi connectivity index (χ4n) is 2.26. The number of halogens is 1. The monoisotopic (exact) mass is 333 g/mol. The van der Waals surface area contributed by atoms with Crippen LogP contribution in [0, 0.1) is 0 Å². The van der Waals surface area contributed by atoms with Gasteiger partial charge in [-0.2, -0.15) is 5.10 Å². The van der Waals surface area contributed by atoms with E-state index >= 15 is 0 Å². The highest BCUT2D eigenvalue weighted by molar-refractivity contribution is 6.30. The van der Waals surface area contributed by atoms with Gasteiger partial charge in [0, 0.05) is 17.3 Å². The highest BCUT2D eigenvalue weighted by Crippen LogP contribution is 2.17. The average Bonchev–Trinajstić information content (AvgIpc) is 3.21. The van der Waals surface area contributed by atoms with Gasteiger partial charge in [-0.15, -0.1) is 10.2 Å². The first-order valence-corrected chi connectivity index (χ1v) is 7.37. The lowest BCUT2D eigenvalue weighted by molar-refractivity contribution is 0.0152. The van der Waals surface area contributed by atoms with Crippen LogP contribution in [0.4, 0.5) is 5.69 Å². The summed E-state index contributed by atoms with van der Waals surface area (Å²) in [5.74, 6) is 0. The molecule has 2 heterocycles. The van der Waals surface area contributed by atoms with Crippen molar-refractivity contribution in [3.05, 3.63) is 54.6 Å². The van der Waals surface area contributed by atoms with Gasteiger partial charge in [0.25, 0.3) is 0 Å². The molecule has 0 radical (unpaired) electrons. The molecule has 0 amide bonds. The van der Waals surface area contributed by atoms with Crippen molar-refractivity contribution in [1.29, 1.82) is 0 Å². The Bertz CT molecular complexity index is 676. The van der Waals surface area contributed by atoms with Crippen molar-refractivity contribution in [2.24, 2.45) is 0 Å². The third kappa shape index (κ3) is 4.27. The van der Waals surface area contributed by atoms with Crippen molar-refractivity contribution < 1.29 is 5.11 Å². The van der Waals surface area contributed by atoms with Gasteiger partial charge in [-0.3, -0.25) is 0 Å². The molecule has 0 aliphatic heterocycles. The minimum atomic E-state index is -1.10. The molecule has 0 saturated carbocycles. The standard InChI is InChI=1S/C14H16ClN7O/c15-12-1-3-13(4-2-12)17-5-14(23,6-21-10-18-19-11-21)7-22-9-16-8-20-22/h1-4,8-11,17,23H,5-7H2. The number of anilines is 1. The average molecular weight is 334 g/mol. The summed E-state index contributed by atoms with van der Waals surface area (Å²) in [4.78, 5) is 3.91. The zero-order chi connectivity index (χ0) is 16.1. The Kier molecular flexibility index (Phi) is 4.54. The quantitative estimate of drug-likeness (QED) is 0.671. The van der Waals surface area contributed by atoms with Crippen molar-refractivity contribution >= 4 is 17.3 Å². The Morgan fingerprint density at radius 1 is 1.09 bits per heavy atom. The van der Waals surface area contributed by atoms with E-state index in [9.17, 15) is 5.11 Å². The third-order valence-electron chi connectivity index (χ3n) is 3.33. The number of aliphatic hydroxyl groups is 1. The molecular formula is C14H16ClN7O. The van der Waals surface area contributed by atoms with Crippen molar-refractivity contribution in [2.45, 2.75) is 18.7 Å². The first kappa shape index (κ1) is 15.4. The molecule has 0 aliphatic carbocycles. The molecule has 120 valence electrons. The Morgan fingerprint density at radius 3 is 2.48 bits per heavy atom. The van der Waals surface area contributed by atoms with E-state index in [-0.39, 0.29) is 6.54 Å². The van der Waals surface area contributed by atoms with Crippen LogP contribution in [0.3, 0.4) is 0 Å². The van der Waals surface area contributed by atoms with E-state index in [0.717, 1.165) is 5.69 Å². The number of hydrogen-bond donors (Lipinski definition) is 2. The largest absolute Gasteiger partial charge is 0.384 e. The number of nitrogens with one attached hydrogen (secondary N) is 1. The molecule has 1 aromatic carbocycles. The minimum absolute atomic E-state index is 0.284. The molecule has 0 aliphatic rings. The lowest BCUT2D eigenvalue weighted by Crippen LogP contribution is -2.45. The maximum absolute atomic E-state index is 11.0. The van der Waals surface area contributed by atoms with Crippen LogP contribution >= 0.6 is 11.6 Å². The number of aromatic nitrogens is 6. The minimum Gasteiger partial charge on any atom is -0.384 e. The smallest absolute Gasteiger partial charge is 0.137 e. The molecule has 0 spiro atoms. The van der Waals surface area contributed by atoms with Crippen LogP contribution in [0.5, 0.6) is 0 Å². The maximum Gasteiger partial charge on any atom is 0.137 e. The van der Waals surface area contributed by atoms with E-state index in [2.05, 4.69) is 25.6 Å². The van der Waals surface area contributed by atoms with Crippen LogP contribution in [0.25, 0.3) is 0 Å². The first-order chi connectivity index (χ1) is 11.1. The summed E-state index contributed by atoms with van der Waals surface area (Å²) in [6.07, 6.45) is 6.13. The van der Waals surface area contributed by atoms with Crippen molar-refractivity contribution in [3.8, 4) is 0 Å². The summed E-state index contributed by atoms with van der Waals surface area (Å²) >= 11 is 5.88. The highest BCUT2D eigenvalue weighted by Gasteiger charge is 2.29. The molecule has 3 aromatic rings. The maximum atomic E-state index is 11.0. The van der Waals surface area contributed by atoms with Crippen LogP contribution in [0.2, 0.25) is 5.02 Å². The molecule has 0 saturated heterocycles. The van der Waals surface area contributed by atoms with Crippen LogP contribution < -0.4 is 5.32 Å². The van der Waals surface area contributed by atoms with Gasteiger partial charge in [0.2, 0.25) is 0 Å². The molecule has 2 aromatic heterocycles. The topological polar surface area (TPSA) is 93.7 Å². The van der Waals surface area contributed by atoms with E-state index in [1.807, 2.05) is 12.1 Å². The van der Waals surface area contributed by atoms with Gasteiger partial charge in [-0.1, -0.05) is 11.6 Å². The molecule has 0 fully saturated rings. The van der Waals surface area contributed by atoms with Crippen LogP contribution in [-0.4, -0.2) is 46.8 Å². The Labute approximate surface area is 137 Å². The number of benzene rings is 1. The summed E-state index contributed by atoms with van der Waals surface area (Å²) in [5.41, 5.74) is -0.231. The van der Waals surface area contributed by atoms with E-state index < -0.39 is 5.60 Å². The van der Waals surface area contributed by atoms with Gasteiger partial charge in [0.1, 0.15) is 30.9 Å². The number of hydrogen-bond acceptors (Lipinski definition) is 6.